The van der Waals surface area contributed by atoms with E-state index < -0.39 is 12.1 Å². The number of carbonyl (C=O) groups excluding carboxylic acids is 1. The van der Waals surface area contributed by atoms with Crippen LogP contribution in [0.2, 0.25) is 0 Å². The van der Waals surface area contributed by atoms with Crippen molar-refractivity contribution in [3.8, 4) is 12.3 Å². The summed E-state index contributed by atoms with van der Waals surface area (Å²) in [6.07, 6.45) is 3.99. The smallest absolute Gasteiger partial charge is 0.261 e. The molecule has 0 saturated heterocycles. The summed E-state index contributed by atoms with van der Waals surface area (Å²) in [4.78, 5) is 10.8. The number of hydrogen-bond donors (Lipinski definition) is 0. The molecular formula is C8H12O3. The van der Waals surface area contributed by atoms with Crippen LogP contribution >= 0.6 is 0 Å². The molecule has 62 valence electrons. The molecule has 0 aliphatic rings. The molecule has 0 aromatic carbocycles. The Kier molecular flexibility index (Phi) is 5.44. The van der Waals surface area contributed by atoms with Crippen molar-refractivity contribution in [2.24, 2.45) is 0 Å². The summed E-state index contributed by atoms with van der Waals surface area (Å²) in [5.41, 5.74) is 0. The van der Waals surface area contributed by atoms with Crippen molar-refractivity contribution in [3.63, 3.8) is 0 Å². The van der Waals surface area contributed by atoms with Crippen molar-refractivity contribution in [3.05, 3.63) is 0 Å². The highest BCUT2D eigenvalue weighted by Crippen LogP contribution is 1.95. The first-order valence-electron chi connectivity index (χ1n) is 3.49. The van der Waals surface area contributed by atoms with Crippen LogP contribution in [0.5, 0.6) is 0 Å². The quantitative estimate of drug-likeness (QED) is 0.332. The second kappa shape index (κ2) is 5.90. The Morgan fingerprint density at radius 3 is 2.18 bits per heavy atom. The fourth-order valence-electron chi connectivity index (χ4n) is 0.570. The molecule has 0 atom stereocenters. The van der Waals surface area contributed by atoms with Crippen LogP contribution < -0.4 is 0 Å². The van der Waals surface area contributed by atoms with E-state index in [-0.39, 0.29) is 0 Å². The maximum absolute atomic E-state index is 10.8. The van der Waals surface area contributed by atoms with Crippen molar-refractivity contribution < 1.29 is 14.3 Å². The molecule has 0 aromatic heterocycles. The van der Waals surface area contributed by atoms with E-state index in [1.165, 1.54) is 0 Å². The molecule has 0 aliphatic heterocycles. The fourth-order valence-corrected chi connectivity index (χ4v) is 0.570. The number of hydrogen-bond acceptors (Lipinski definition) is 3. The second-order valence-electron chi connectivity index (χ2n) is 1.75. The van der Waals surface area contributed by atoms with Gasteiger partial charge in [-0.25, -0.2) is 0 Å². The predicted octanol–water partition coefficient (Wildman–Crippen LogP) is 0.588. The lowest BCUT2D eigenvalue weighted by molar-refractivity contribution is -0.162. The van der Waals surface area contributed by atoms with E-state index in [2.05, 4.69) is 0 Å². The Labute approximate surface area is 66.7 Å². The Balaban J connectivity index is 3.89. The summed E-state index contributed by atoms with van der Waals surface area (Å²) in [7, 11) is 0. The zero-order chi connectivity index (χ0) is 8.69. The monoisotopic (exact) mass is 156 g/mol. The van der Waals surface area contributed by atoms with Gasteiger partial charge in [0.15, 0.2) is 0 Å². The van der Waals surface area contributed by atoms with Crippen LogP contribution in [-0.2, 0) is 14.3 Å². The third kappa shape index (κ3) is 3.76. The minimum atomic E-state index is -0.880. The van der Waals surface area contributed by atoms with Gasteiger partial charge in [-0.3, -0.25) is 4.79 Å². The van der Waals surface area contributed by atoms with Crippen molar-refractivity contribution in [2.75, 3.05) is 13.2 Å². The minimum absolute atomic E-state index is 0.415. The van der Waals surface area contributed by atoms with E-state index in [1.807, 2.05) is 5.92 Å². The predicted molar refractivity (Wildman–Crippen MR) is 40.9 cm³/mol. The number of Topliss-reactive ketones (excluding diaryl/α,β-unsaturated/α-hetero) is 1. The first-order valence-corrected chi connectivity index (χ1v) is 3.49. The highest BCUT2D eigenvalue weighted by Gasteiger charge is 2.15. The van der Waals surface area contributed by atoms with Crippen LogP contribution in [0.1, 0.15) is 13.8 Å². The summed E-state index contributed by atoms with van der Waals surface area (Å²) >= 11 is 0. The first-order chi connectivity index (χ1) is 5.26. The largest absolute Gasteiger partial charge is 0.346 e. The van der Waals surface area contributed by atoms with Crippen LogP contribution in [0.3, 0.4) is 0 Å². The maximum Gasteiger partial charge on any atom is 0.261 e. The maximum atomic E-state index is 10.8. The van der Waals surface area contributed by atoms with Gasteiger partial charge in [0.05, 0.1) is 0 Å². The number of carbonyl (C=O) groups is 1. The normalized spacial score (nSPS) is 9.64. The van der Waals surface area contributed by atoms with Gasteiger partial charge in [-0.1, -0.05) is 0 Å². The van der Waals surface area contributed by atoms with Crippen LogP contribution in [0, 0.1) is 12.3 Å². The lowest BCUT2D eigenvalue weighted by Crippen LogP contribution is -2.26. The molecule has 0 aromatic rings. The zero-order valence-corrected chi connectivity index (χ0v) is 6.79. The molecule has 0 unspecified atom stereocenters. The van der Waals surface area contributed by atoms with Gasteiger partial charge in [-0.05, 0) is 19.8 Å². The first kappa shape index (κ1) is 10.2. The molecule has 3 heteroatoms. The van der Waals surface area contributed by atoms with Gasteiger partial charge < -0.3 is 9.47 Å². The van der Waals surface area contributed by atoms with E-state index in [4.69, 9.17) is 15.9 Å². The molecule has 3 nitrogen and oxygen atoms in total. The Hall–Kier alpha value is -0.850. The average molecular weight is 156 g/mol. The topological polar surface area (TPSA) is 35.5 Å². The van der Waals surface area contributed by atoms with Crippen molar-refractivity contribution >= 4 is 5.78 Å². The molecule has 0 N–H and O–H groups in total. The molecule has 11 heavy (non-hydrogen) atoms. The molecule has 0 spiro atoms. The Bertz CT molecular complexity index is 151. The van der Waals surface area contributed by atoms with E-state index in [1.54, 1.807) is 13.8 Å². The van der Waals surface area contributed by atoms with Gasteiger partial charge >= 0.3 is 0 Å². The third-order valence-electron chi connectivity index (χ3n) is 0.992. The van der Waals surface area contributed by atoms with E-state index in [9.17, 15) is 4.79 Å². The summed E-state index contributed by atoms with van der Waals surface area (Å²) in [5, 5.41) is 0. The molecule has 0 fully saturated rings. The summed E-state index contributed by atoms with van der Waals surface area (Å²) in [6.45, 7) is 4.38. The summed E-state index contributed by atoms with van der Waals surface area (Å²) in [5.74, 6) is 1.48. The summed E-state index contributed by atoms with van der Waals surface area (Å²) < 4.78 is 9.84. The molecule has 0 aliphatic carbocycles. The van der Waals surface area contributed by atoms with Crippen LogP contribution in [0.15, 0.2) is 0 Å². The van der Waals surface area contributed by atoms with Crippen molar-refractivity contribution in [2.45, 2.75) is 20.1 Å². The zero-order valence-electron chi connectivity index (χ0n) is 6.79. The molecule has 0 radical (unpaired) electrons. The molecular weight excluding hydrogens is 144 g/mol. The van der Waals surface area contributed by atoms with Crippen molar-refractivity contribution in [1.29, 1.82) is 0 Å². The van der Waals surface area contributed by atoms with Crippen molar-refractivity contribution in [1.82, 2.24) is 0 Å². The molecule has 0 saturated carbocycles. The molecule has 0 bridgehead atoms. The van der Waals surface area contributed by atoms with Gasteiger partial charge in [0, 0.05) is 13.2 Å². The Morgan fingerprint density at radius 2 is 1.91 bits per heavy atom. The number of ketones is 1. The minimum Gasteiger partial charge on any atom is -0.346 e. The van der Waals surface area contributed by atoms with Gasteiger partial charge in [-0.2, -0.15) is 0 Å². The van der Waals surface area contributed by atoms with Crippen LogP contribution in [0.4, 0.5) is 0 Å². The second-order valence-corrected chi connectivity index (χ2v) is 1.75. The number of ether oxygens (including phenoxy) is 2. The van der Waals surface area contributed by atoms with E-state index >= 15 is 0 Å². The summed E-state index contributed by atoms with van der Waals surface area (Å²) in [6, 6.07) is 0. The van der Waals surface area contributed by atoms with E-state index in [0.717, 1.165) is 0 Å². The number of rotatable bonds is 5. The van der Waals surface area contributed by atoms with E-state index in [0.29, 0.717) is 13.2 Å². The van der Waals surface area contributed by atoms with Crippen LogP contribution in [-0.4, -0.2) is 25.3 Å². The fraction of sp³-hybridized carbons (Fsp3) is 0.625. The highest BCUT2D eigenvalue weighted by atomic mass is 16.7. The standard InChI is InChI=1S/C8H12O3/c1-4-7(9)8(10-5-2)11-6-3/h1,8H,5-6H2,2-3H3. The molecule has 0 rings (SSSR count). The third-order valence-corrected chi connectivity index (χ3v) is 0.992. The van der Waals surface area contributed by atoms with Gasteiger partial charge in [-0.15, -0.1) is 6.42 Å². The lowest BCUT2D eigenvalue weighted by Gasteiger charge is -2.11. The van der Waals surface area contributed by atoms with Gasteiger partial charge in [0.2, 0.25) is 6.29 Å². The highest BCUT2D eigenvalue weighted by molar-refractivity contribution is 5.97. The lowest BCUT2D eigenvalue weighted by atomic mass is 10.4. The van der Waals surface area contributed by atoms with Gasteiger partial charge in [0.25, 0.3) is 5.78 Å². The SMILES string of the molecule is C#CC(=O)C(OCC)OCC. The molecule has 0 amide bonds. The average Bonchev–Trinajstić information content (AvgIpc) is 2.03. The van der Waals surface area contributed by atoms with Crippen LogP contribution in [0.25, 0.3) is 0 Å². The number of terminal acetylenes is 1. The molecule has 0 heterocycles. The Morgan fingerprint density at radius 1 is 1.45 bits per heavy atom. The van der Waals surface area contributed by atoms with Gasteiger partial charge in [0.1, 0.15) is 0 Å².